The molecule has 0 atom stereocenters. The molecule has 0 bridgehead atoms. The Balaban J connectivity index is 1.46. The third-order valence-corrected chi connectivity index (χ3v) is 8.64. The van der Waals surface area contributed by atoms with E-state index >= 15 is 0 Å². The molecule has 1 aliphatic heterocycles. The first-order chi connectivity index (χ1) is 23.0. The molecule has 0 radical (unpaired) electrons. The van der Waals surface area contributed by atoms with Crippen molar-refractivity contribution in [1.29, 1.82) is 0 Å². The fraction of sp³-hybridized carbons (Fsp3) is 0. The van der Waals surface area contributed by atoms with Crippen molar-refractivity contribution in [2.45, 2.75) is 0 Å². The van der Waals surface area contributed by atoms with Crippen molar-refractivity contribution >= 4 is 32.3 Å². The van der Waals surface area contributed by atoms with Crippen LogP contribution in [0.2, 0.25) is 0 Å². The van der Waals surface area contributed by atoms with Gasteiger partial charge in [0.05, 0.1) is 5.48 Å². The van der Waals surface area contributed by atoms with Gasteiger partial charge in [0, 0.05) is 10.9 Å². The van der Waals surface area contributed by atoms with Crippen LogP contribution in [0, 0.1) is 0 Å². The summed E-state index contributed by atoms with van der Waals surface area (Å²) in [5.74, 6) is 1.60. The Bertz CT molecular complexity index is 2520. The van der Waals surface area contributed by atoms with Gasteiger partial charge in [-0.05, 0) is 84.1 Å². The Morgan fingerprint density at radius 1 is 0.349 bits per heavy atom. The molecule has 0 unspecified atom stereocenters. The lowest BCUT2D eigenvalue weighted by atomic mass is 9.82. The van der Waals surface area contributed by atoms with Crippen LogP contribution in [0.4, 0.5) is 0 Å². The van der Waals surface area contributed by atoms with Crippen molar-refractivity contribution in [1.82, 2.24) is 0 Å². The van der Waals surface area contributed by atoms with E-state index in [1.807, 2.05) is 54.6 Å². The van der Waals surface area contributed by atoms with Crippen molar-refractivity contribution in [2.75, 3.05) is 0 Å². The third-order valence-electron chi connectivity index (χ3n) is 8.64. The molecular formula is C42H26O. The number of rotatable bonds is 3. The molecule has 1 nitrogen and oxygen atoms in total. The Hall–Kier alpha value is -5.66. The molecule has 43 heavy (non-hydrogen) atoms. The second-order valence-electron chi connectivity index (χ2n) is 10.9. The monoisotopic (exact) mass is 550 g/mol. The Kier molecular flexibility index (Phi) is 4.45. The summed E-state index contributed by atoms with van der Waals surface area (Å²) >= 11 is 0. The normalized spacial score (nSPS) is 13.2. The average Bonchev–Trinajstić information content (AvgIpc) is 3.10. The maximum atomic E-state index is 8.77. The zero-order valence-electron chi connectivity index (χ0n) is 27.1. The van der Waals surface area contributed by atoms with Crippen LogP contribution in [0.1, 0.15) is 5.48 Å². The molecule has 200 valence electrons. The zero-order chi connectivity index (χ0) is 31.8. The van der Waals surface area contributed by atoms with Crippen LogP contribution in [-0.4, -0.2) is 0 Å². The van der Waals surface area contributed by atoms with Crippen molar-refractivity contribution in [3.8, 4) is 56.0 Å². The predicted octanol–water partition coefficient (Wildman–Crippen LogP) is 11.9. The molecule has 0 fully saturated rings. The van der Waals surface area contributed by atoms with E-state index in [2.05, 4.69) is 54.6 Å². The summed E-state index contributed by atoms with van der Waals surface area (Å²) in [6.45, 7) is 0. The van der Waals surface area contributed by atoms with E-state index in [0.717, 1.165) is 88.3 Å². The van der Waals surface area contributed by atoms with Gasteiger partial charge < -0.3 is 4.74 Å². The molecule has 8 aromatic carbocycles. The fourth-order valence-electron chi connectivity index (χ4n) is 6.83. The summed E-state index contributed by atoms with van der Waals surface area (Å²) in [5, 5.41) is 5.32. The van der Waals surface area contributed by atoms with Gasteiger partial charge in [0.25, 0.3) is 0 Å². The van der Waals surface area contributed by atoms with Crippen LogP contribution in [0.5, 0.6) is 11.5 Å². The summed E-state index contributed by atoms with van der Waals surface area (Å²) in [7, 11) is 0. The van der Waals surface area contributed by atoms with Gasteiger partial charge in [-0.15, -0.1) is 0 Å². The molecule has 1 aliphatic rings. The van der Waals surface area contributed by atoms with E-state index in [-0.39, 0.29) is 24.2 Å². The van der Waals surface area contributed by atoms with Gasteiger partial charge in [0.1, 0.15) is 11.5 Å². The zero-order valence-corrected chi connectivity index (χ0v) is 23.1. The molecule has 0 amide bonds. The summed E-state index contributed by atoms with van der Waals surface area (Å²) < 4.78 is 41.5. The van der Waals surface area contributed by atoms with Crippen molar-refractivity contribution < 1.29 is 10.2 Å². The minimum atomic E-state index is 0.128. The maximum absolute atomic E-state index is 8.77. The van der Waals surface area contributed by atoms with Gasteiger partial charge in [0.2, 0.25) is 0 Å². The van der Waals surface area contributed by atoms with Gasteiger partial charge >= 0.3 is 0 Å². The Morgan fingerprint density at radius 2 is 0.907 bits per heavy atom. The summed E-state index contributed by atoms with van der Waals surface area (Å²) in [6.07, 6.45) is 0. The number of fused-ring (bicyclic) bond motifs is 4. The minimum absolute atomic E-state index is 0.128. The first-order valence-corrected chi connectivity index (χ1v) is 14.4. The second kappa shape index (κ2) is 9.44. The van der Waals surface area contributed by atoms with Crippen LogP contribution in [0.3, 0.4) is 0 Å². The van der Waals surface area contributed by atoms with Gasteiger partial charge in [-0.1, -0.05) is 139 Å². The van der Waals surface area contributed by atoms with Gasteiger partial charge in [0.15, 0.2) is 0 Å². The van der Waals surface area contributed by atoms with E-state index < -0.39 is 0 Å². The topological polar surface area (TPSA) is 9.23 Å². The number of hydrogen-bond donors (Lipinski definition) is 0. The van der Waals surface area contributed by atoms with Crippen molar-refractivity contribution in [2.24, 2.45) is 0 Å². The van der Waals surface area contributed by atoms with E-state index in [0.29, 0.717) is 0 Å². The average molecular weight is 551 g/mol. The fourth-order valence-corrected chi connectivity index (χ4v) is 6.83. The maximum Gasteiger partial charge on any atom is 0.135 e. The van der Waals surface area contributed by atoms with Crippen LogP contribution < -0.4 is 4.74 Å². The SMILES string of the molecule is [2H]c1cc2c(-c3ccccc3-c3ccccc3)c3cc([2H])c([2H])cc3c(-c3ccc4c5c(cccc35)-c3ccccc3O4)c2cc1[2H]. The molecule has 0 spiro atoms. The molecule has 1 heterocycles. The van der Waals surface area contributed by atoms with Crippen LogP contribution in [0.25, 0.3) is 76.8 Å². The van der Waals surface area contributed by atoms with Crippen molar-refractivity contribution in [3.63, 3.8) is 0 Å². The van der Waals surface area contributed by atoms with E-state index in [4.69, 9.17) is 10.2 Å². The number of para-hydroxylation sites is 1. The molecule has 0 aromatic heterocycles. The Morgan fingerprint density at radius 3 is 1.60 bits per heavy atom. The highest BCUT2D eigenvalue weighted by molar-refractivity contribution is 6.25. The second-order valence-corrected chi connectivity index (χ2v) is 10.9. The number of benzene rings is 8. The van der Waals surface area contributed by atoms with E-state index in [1.165, 1.54) is 0 Å². The molecular weight excluding hydrogens is 520 g/mol. The van der Waals surface area contributed by atoms with E-state index in [1.54, 1.807) is 24.3 Å². The molecule has 0 saturated heterocycles. The lowest BCUT2D eigenvalue weighted by Crippen LogP contribution is -1.98. The molecule has 0 N–H and O–H groups in total. The summed E-state index contributed by atoms with van der Waals surface area (Å²) in [6, 6.07) is 44.6. The lowest BCUT2D eigenvalue weighted by Gasteiger charge is -2.24. The minimum Gasteiger partial charge on any atom is -0.456 e. The summed E-state index contributed by atoms with van der Waals surface area (Å²) in [4.78, 5) is 0. The van der Waals surface area contributed by atoms with Gasteiger partial charge in [-0.25, -0.2) is 0 Å². The highest BCUT2D eigenvalue weighted by Crippen LogP contribution is 2.51. The smallest absolute Gasteiger partial charge is 0.135 e. The predicted molar refractivity (Wildman–Crippen MR) is 181 cm³/mol. The molecule has 8 aromatic rings. The van der Waals surface area contributed by atoms with Crippen molar-refractivity contribution in [3.05, 3.63) is 158 Å². The van der Waals surface area contributed by atoms with Crippen LogP contribution in [0.15, 0.2) is 158 Å². The third kappa shape index (κ3) is 3.58. The first-order valence-electron chi connectivity index (χ1n) is 16.4. The molecule has 0 aliphatic carbocycles. The first kappa shape index (κ1) is 20.3. The number of hydrogen-bond acceptors (Lipinski definition) is 1. The highest BCUT2D eigenvalue weighted by atomic mass is 16.5. The summed E-state index contributed by atoms with van der Waals surface area (Å²) in [5.41, 5.74) is 7.89. The largest absolute Gasteiger partial charge is 0.456 e. The van der Waals surface area contributed by atoms with Gasteiger partial charge in [-0.2, -0.15) is 0 Å². The van der Waals surface area contributed by atoms with E-state index in [9.17, 15) is 0 Å². The Labute approximate surface area is 255 Å². The lowest BCUT2D eigenvalue weighted by molar-refractivity contribution is 0.487. The molecule has 1 heteroatoms. The van der Waals surface area contributed by atoms with Gasteiger partial charge in [-0.3, -0.25) is 0 Å². The standard InChI is InChI=1S/C42H26O/c1-2-13-27(14-3-1)28-15-4-5-17-30(28)40-32-18-6-8-20-34(32)41(35-21-9-7-19-33(35)40)37-25-26-39-42-31(22-12-23-36(37)42)29-16-10-11-24-38(29)43-39/h1-26H/i6D,7D,8D,9D. The number of ether oxygens (including phenoxy) is 1. The van der Waals surface area contributed by atoms with Crippen LogP contribution in [-0.2, 0) is 0 Å². The molecule has 9 rings (SSSR count). The quantitative estimate of drug-likeness (QED) is 0.199. The van der Waals surface area contributed by atoms with Crippen LogP contribution >= 0.6 is 0 Å². The molecule has 0 saturated carbocycles. The highest BCUT2D eigenvalue weighted by Gasteiger charge is 2.24.